The number of rotatable bonds is 6. The summed E-state index contributed by atoms with van der Waals surface area (Å²) < 4.78 is 86.5. The molecule has 0 N–H and O–H groups in total. The third-order valence-electron chi connectivity index (χ3n) is 4.36. The van der Waals surface area contributed by atoms with E-state index in [0.29, 0.717) is 23.5 Å². The molecule has 192 valence electrons. The summed E-state index contributed by atoms with van der Waals surface area (Å²) in [6.07, 6.45) is -6.88. The van der Waals surface area contributed by atoms with Crippen molar-refractivity contribution in [2.75, 3.05) is 14.1 Å². The van der Waals surface area contributed by atoms with Gasteiger partial charge in [0.15, 0.2) is 6.10 Å². The van der Waals surface area contributed by atoms with Crippen molar-refractivity contribution in [3.63, 3.8) is 0 Å². The Morgan fingerprint density at radius 3 is 2.23 bits per heavy atom. The molecule has 2 rings (SSSR count). The van der Waals surface area contributed by atoms with Crippen LogP contribution in [-0.2, 0) is 37.2 Å². The standard InChI is InChI=1S/C18H16ClF4N3O8S/c1-8(15(28)34-35(31,32)24(2)3)33-16(29)9-5-12(11(20)6-10(9)19)26-14(27)7-13(18(21,22)23)25(4)17(26)30/h5-8H,1-4H3. The van der Waals surface area contributed by atoms with Gasteiger partial charge in [-0.2, -0.15) is 25.9 Å². The average molecular weight is 546 g/mol. The largest absolute Gasteiger partial charge is 0.447 e. The third-order valence-corrected chi connectivity index (χ3v) is 5.94. The van der Waals surface area contributed by atoms with E-state index < -0.39 is 73.6 Å². The van der Waals surface area contributed by atoms with Gasteiger partial charge in [0.05, 0.1) is 16.3 Å². The van der Waals surface area contributed by atoms with Gasteiger partial charge in [0.1, 0.15) is 11.5 Å². The number of alkyl halides is 3. The molecule has 35 heavy (non-hydrogen) atoms. The number of nitrogens with zero attached hydrogens (tertiary/aromatic N) is 3. The lowest BCUT2D eigenvalue weighted by atomic mass is 10.2. The third kappa shape index (κ3) is 5.88. The zero-order chi connectivity index (χ0) is 27.0. The lowest BCUT2D eigenvalue weighted by molar-refractivity contribution is -0.144. The molecule has 1 aromatic heterocycles. The van der Waals surface area contributed by atoms with Crippen LogP contribution >= 0.6 is 11.6 Å². The van der Waals surface area contributed by atoms with Crippen molar-refractivity contribution in [2.45, 2.75) is 19.2 Å². The molecule has 1 aromatic carbocycles. The van der Waals surface area contributed by atoms with E-state index in [9.17, 15) is 45.2 Å². The van der Waals surface area contributed by atoms with Gasteiger partial charge in [-0.05, 0) is 19.1 Å². The number of hydrogen-bond acceptors (Lipinski definition) is 8. The maximum atomic E-state index is 14.5. The highest BCUT2D eigenvalue weighted by molar-refractivity contribution is 7.84. The maximum Gasteiger partial charge on any atom is 0.431 e. The Bertz CT molecular complexity index is 1420. The van der Waals surface area contributed by atoms with Gasteiger partial charge in [0, 0.05) is 27.2 Å². The summed E-state index contributed by atoms with van der Waals surface area (Å²) in [6.45, 7) is 0.944. The van der Waals surface area contributed by atoms with Crippen molar-refractivity contribution < 1.29 is 44.5 Å². The van der Waals surface area contributed by atoms with Crippen molar-refractivity contribution >= 4 is 33.8 Å². The van der Waals surface area contributed by atoms with Crippen molar-refractivity contribution in [2.24, 2.45) is 7.05 Å². The van der Waals surface area contributed by atoms with Crippen LogP contribution in [0.5, 0.6) is 0 Å². The Balaban J connectivity index is 2.50. The molecule has 0 amide bonds. The second kappa shape index (κ2) is 9.79. The van der Waals surface area contributed by atoms with Crippen molar-refractivity contribution in [3.8, 4) is 5.69 Å². The smallest absolute Gasteiger partial charge is 0.431 e. The van der Waals surface area contributed by atoms with Crippen LogP contribution in [-0.4, -0.2) is 54.0 Å². The number of carbonyl (C=O) groups excluding carboxylic acids is 2. The molecule has 0 fully saturated rings. The van der Waals surface area contributed by atoms with E-state index in [2.05, 4.69) is 4.18 Å². The molecule has 17 heteroatoms. The summed E-state index contributed by atoms with van der Waals surface area (Å²) in [4.78, 5) is 49.1. The van der Waals surface area contributed by atoms with Crippen LogP contribution in [0.2, 0.25) is 5.02 Å². The number of hydrogen-bond donors (Lipinski definition) is 0. The molecule has 0 bridgehead atoms. The minimum atomic E-state index is -5.07. The van der Waals surface area contributed by atoms with Gasteiger partial charge in [-0.1, -0.05) is 11.6 Å². The second-order valence-corrected chi connectivity index (χ2v) is 9.18. The van der Waals surface area contributed by atoms with Crippen molar-refractivity contribution in [3.05, 3.63) is 61.1 Å². The first kappa shape index (κ1) is 28.0. The van der Waals surface area contributed by atoms with Crippen molar-refractivity contribution in [1.82, 2.24) is 13.4 Å². The highest BCUT2D eigenvalue weighted by atomic mass is 35.5. The first-order valence-corrected chi connectivity index (χ1v) is 10.9. The molecule has 2 aromatic rings. The fourth-order valence-corrected chi connectivity index (χ4v) is 3.22. The minimum absolute atomic E-state index is 0.0268. The van der Waals surface area contributed by atoms with Crippen LogP contribution in [0.25, 0.3) is 5.69 Å². The Morgan fingerprint density at radius 1 is 1.14 bits per heavy atom. The summed E-state index contributed by atoms with van der Waals surface area (Å²) in [5.41, 5.74) is -6.39. The molecule has 1 heterocycles. The number of ether oxygens (including phenoxy) is 1. The molecule has 0 radical (unpaired) electrons. The Labute approximate surface area is 199 Å². The van der Waals surface area contributed by atoms with E-state index in [1.165, 1.54) is 0 Å². The quantitative estimate of drug-likeness (QED) is 0.391. The number of halogens is 5. The van der Waals surface area contributed by atoms with Crippen LogP contribution in [0, 0.1) is 5.82 Å². The summed E-state index contributed by atoms with van der Waals surface area (Å²) in [5.74, 6) is -4.28. The molecular formula is C18H16ClF4N3O8S. The first-order valence-electron chi connectivity index (χ1n) is 9.15. The van der Waals surface area contributed by atoms with E-state index in [4.69, 9.17) is 16.3 Å². The molecule has 0 spiro atoms. The van der Waals surface area contributed by atoms with Gasteiger partial charge in [0.25, 0.3) is 5.56 Å². The molecule has 0 aliphatic rings. The molecular weight excluding hydrogens is 530 g/mol. The van der Waals surface area contributed by atoms with Crippen molar-refractivity contribution in [1.29, 1.82) is 0 Å². The molecule has 1 atom stereocenters. The topological polar surface area (TPSA) is 134 Å². The van der Waals surface area contributed by atoms with Crippen LogP contribution in [0.15, 0.2) is 27.8 Å². The van der Waals surface area contributed by atoms with E-state index in [-0.39, 0.29) is 15.2 Å². The predicted molar refractivity (Wildman–Crippen MR) is 111 cm³/mol. The van der Waals surface area contributed by atoms with E-state index in [1.807, 2.05) is 0 Å². The summed E-state index contributed by atoms with van der Waals surface area (Å²) in [5, 5.41) is -0.616. The molecule has 1 unspecified atom stereocenters. The summed E-state index contributed by atoms with van der Waals surface area (Å²) >= 11 is 5.81. The van der Waals surface area contributed by atoms with Crippen LogP contribution < -0.4 is 11.2 Å². The predicted octanol–water partition coefficient (Wildman–Crippen LogP) is 1.24. The molecule has 11 nitrogen and oxygen atoms in total. The van der Waals surface area contributed by atoms with E-state index in [1.54, 1.807) is 0 Å². The first-order chi connectivity index (χ1) is 15.9. The Kier molecular flexibility index (Phi) is 7.83. The summed E-state index contributed by atoms with van der Waals surface area (Å²) in [6, 6.07) is 1.08. The molecule has 0 saturated heterocycles. The highest BCUT2D eigenvalue weighted by Crippen LogP contribution is 2.28. The summed E-state index contributed by atoms with van der Waals surface area (Å²) in [7, 11) is -1.65. The Morgan fingerprint density at radius 2 is 1.71 bits per heavy atom. The highest BCUT2D eigenvalue weighted by Gasteiger charge is 2.35. The van der Waals surface area contributed by atoms with Crippen LogP contribution in [0.4, 0.5) is 17.6 Å². The number of aromatic nitrogens is 2. The minimum Gasteiger partial charge on any atom is -0.447 e. The van der Waals surface area contributed by atoms with Gasteiger partial charge in [-0.15, -0.1) is 0 Å². The Hall–Kier alpha value is -3.24. The zero-order valence-corrected chi connectivity index (χ0v) is 19.8. The van der Waals surface area contributed by atoms with Gasteiger partial charge in [0.2, 0.25) is 0 Å². The average Bonchev–Trinajstić information content (AvgIpc) is 2.70. The van der Waals surface area contributed by atoms with E-state index >= 15 is 0 Å². The zero-order valence-electron chi connectivity index (χ0n) is 18.2. The molecule has 0 aliphatic carbocycles. The lowest BCUT2D eigenvalue weighted by Crippen LogP contribution is -2.41. The van der Waals surface area contributed by atoms with Gasteiger partial charge < -0.3 is 8.92 Å². The number of benzene rings is 1. The van der Waals surface area contributed by atoms with Gasteiger partial charge >= 0.3 is 34.1 Å². The SMILES string of the molecule is CC(OC(=O)c1cc(-n2c(=O)cc(C(F)(F)F)n(C)c2=O)c(F)cc1Cl)C(=O)OS(=O)(=O)N(C)C. The van der Waals surface area contributed by atoms with E-state index in [0.717, 1.165) is 21.0 Å². The fraction of sp³-hybridized carbons (Fsp3) is 0.333. The molecule has 0 aliphatic heterocycles. The number of esters is 1. The van der Waals surface area contributed by atoms with Gasteiger partial charge in [-0.3, -0.25) is 9.36 Å². The lowest BCUT2D eigenvalue weighted by Gasteiger charge is -2.16. The van der Waals surface area contributed by atoms with Crippen LogP contribution in [0.1, 0.15) is 23.0 Å². The second-order valence-electron chi connectivity index (χ2n) is 7.02. The van der Waals surface area contributed by atoms with Crippen LogP contribution in [0.3, 0.4) is 0 Å². The normalized spacial score (nSPS) is 13.0. The van der Waals surface area contributed by atoms with Gasteiger partial charge in [-0.25, -0.2) is 23.3 Å². The number of carbonyl (C=O) groups is 2. The monoisotopic (exact) mass is 545 g/mol. The molecule has 0 saturated carbocycles. The maximum absolute atomic E-state index is 14.5. The fourth-order valence-electron chi connectivity index (χ4n) is 2.50.